The average Bonchev–Trinajstić information content (AvgIpc) is 3.29. The maximum atomic E-state index is 5.79. The van der Waals surface area contributed by atoms with Gasteiger partial charge in [0.2, 0.25) is 5.95 Å². The largest absolute Gasteiger partial charge is 0.497 e. The molecule has 0 atom stereocenters. The Hall–Kier alpha value is -3.56. The van der Waals surface area contributed by atoms with Crippen LogP contribution in [0, 0.1) is 6.92 Å². The molecule has 0 radical (unpaired) electrons. The third-order valence-electron chi connectivity index (χ3n) is 6.92. The number of rotatable bonds is 8. The second-order valence-corrected chi connectivity index (χ2v) is 10.4. The van der Waals surface area contributed by atoms with Crippen molar-refractivity contribution in [3.05, 3.63) is 53.4 Å². The van der Waals surface area contributed by atoms with E-state index in [2.05, 4.69) is 59.0 Å². The minimum Gasteiger partial charge on any atom is -0.497 e. The number of benzene rings is 2. The van der Waals surface area contributed by atoms with Crippen LogP contribution in [0.4, 0.5) is 28.8 Å². The fourth-order valence-electron chi connectivity index (χ4n) is 4.84. The number of anilines is 5. The van der Waals surface area contributed by atoms with Crippen molar-refractivity contribution in [3.8, 4) is 11.5 Å². The van der Waals surface area contributed by atoms with Gasteiger partial charge in [-0.1, -0.05) is 6.07 Å². The number of nitrogens with zero attached hydrogens (tertiary/aromatic N) is 4. The summed E-state index contributed by atoms with van der Waals surface area (Å²) in [4.78, 5) is 15.3. The molecule has 0 saturated carbocycles. The van der Waals surface area contributed by atoms with Crippen molar-refractivity contribution in [3.63, 3.8) is 0 Å². The molecule has 1 fully saturated rings. The van der Waals surface area contributed by atoms with Crippen LogP contribution < -0.4 is 25.0 Å². The molecule has 0 spiro atoms. The molecule has 8 nitrogen and oxygen atoms in total. The Morgan fingerprint density at radius 3 is 2.49 bits per heavy atom. The molecule has 1 saturated heterocycles. The second kappa shape index (κ2) is 10.8. The summed E-state index contributed by atoms with van der Waals surface area (Å²) in [6.07, 6.45) is 2.29. The van der Waals surface area contributed by atoms with Gasteiger partial charge in [-0.05, 0) is 69.1 Å². The number of thiophene rings is 1. The fraction of sp³-hybridized carbons (Fsp3) is 0.357. The van der Waals surface area contributed by atoms with Crippen molar-refractivity contribution < 1.29 is 9.47 Å². The highest BCUT2D eigenvalue weighted by Crippen LogP contribution is 2.36. The summed E-state index contributed by atoms with van der Waals surface area (Å²) in [5.74, 6) is 2.91. The van der Waals surface area contributed by atoms with E-state index in [0.717, 1.165) is 76.1 Å². The number of nitrogens with one attached hydrogen (secondary N) is 2. The van der Waals surface area contributed by atoms with Crippen molar-refractivity contribution in [2.45, 2.75) is 25.8 Å². The smallest absolute Gasteiger partial charge is 0.230 e. The highest BCUT2D eigenvalue weighted by molar-refractivity contribution is 7.17. The molecule has 5 rings (SSSR count). The topological polar surface area (TPSA) is 74.8 Å². The average molecular weight is 519 g/mol. The van der Waals surface area contributed by atoms with Crippen molar-refractivity contribution in [1.82, 2.24) is 14.9 Å². The molecular formula is C28H34N6O2S. The molecule has 3 heterocycles. The van der Waals surface area contributed by atoms with Gasteiger partial charge < -0.3 is 29.9 Å². The molecule has 0 unspecified atom stereocenters. The van der Waals surface area contributed by atoms with E-state index in [0.29, 0.717) is 12.0 Å². The SMILES string of the molecule is COc1cccc(Nc2nc(Nc3ccc(N4CCC(N(C)C)CC4)c(OC)c3)nc3scc(C)c23)c1. The predicted octanol–water partition coefficient (Wildman–Crippen LogP) is 6.03. The molecule has 9 heteroatoms. The molecule has 1 aliphatic heterocycles. The van der Waals surface area contributed by atoms with Crippen LogP contribution in [0.15, 0.2) is 47.8 Å². The summed E-state index contributed by atoms with van der Waals surface area (Å²) in [5, 5.41) is 9.99. The number of aryl methyl sites for hydroxylation is 1. The van der Waals surface area contributed by atoms with Crippen LogP contribution in [0.3, 0.4) is 0 Å². The zero-order valence-electron chi connectivity index (χ0n) is 22.0. The first kappa shape index (κ1) is 25.1. The van der Waals surface area contributed by atoms with Gasteiger partial charge in [-0.15, -0.1) is 11.3 Å². The van der Waals surface area contributed by atoms with Crippen LogP contribution in [-0.4, -0.2) is 62.3 Å². The standard InChI is InChI=1S/C28H34N6O2S/c1-18-17-37-27-25(18)26(29-19-7-6-8-22(15-19)35-4)31-28(32-27)30-20-9-10-23(24(16-20)36-5)34-13-11-21(12-14-34)33(2)3/h6-10,15-17,21H,11-14H2,1-5H3,(H2,29,30,31,32). The number of aromatic nitrogens is 2. The van der Waals surface area contributed by atoms with E-state index >= 15 is 0 Å². The van der Waals surface area contributed by atoms with Crippen molar-refractivity contribution in [2.75, 3.05) is 56.9 Å². The minimum absolute atomic E-state index is 0.529. The van der Waals surface area contributed by atoms with Crippen molar-refractivity contribution in [1.29, 1.82) is 0 Å². The van der Waals surface area contributed by atoms with E-state index in [4.69, 9.17) is 19.4 Å². The number of hydrogen-bond acceptors (Lipinski definition) is 9. The minimum atomic E-state index is 0.529. The van der Waals surface area contributed by atoms with Gasteiger partial charge in [0.05, 0.1) is 25.3 Å². The summed E-state index contributed by atoms with van der Waals surface area (Å²) in [6.45, 7) is 4.11. The molecule has 0 bridgehead atoms. The van der Waals surface area contributed by atoms with Gasteiger partial charge in [0.25, 0.3) is 0 Å². The van der Waals surface area contributed by atoms with E-state index in [1.807, 2.05) is 30.3 Å². The van der Waals surface area contributed by atoms with Crippen LogP contribution in [0.25, 0.3) is 10.2 Å². The molecule has 2 N–H and O–H groups in total. The lowest BCUT2D eigenvalue weighted by atomic mass is 10.0. The lowest BCUT2D eigenvalue weighted by Gasteiger charge is -2.37. The first-order chi connectivity index (χ1) is 17.9. The molecular weight excluding hydrogens is 484 g/mol. The molecule has 194 valence electrons. The first-order valence-corrected chi connectivity index (χ1v) is 13.4. The Morgan fingerprint density at radius 2 is 1.76 bits per heavy atom. The molecule has 0 aliphatic carbocycles. The van der Waals surface area contributed by atoms with Gasteiger partial charge in [-0.2, -0.15) is 4.98 Å². The summed E-state index contributed by atoms with van der Waals surface area (Å²) < 4.78 is 11.2. The Bertz CT molecular complexity index is 1380. The summed E-state index contributed by atoms with van der Waals surface area (Å²) in [7, 11) is 7.71. The van der Waals surface area contributed by atoms with Gasteiger partial charge in [0.1, 0.15) is 22.1 Å². The third-order valence-corrected chi connectivity index (χ3v) is 7.91. The van der Waals surface area contributed by atoms with Gasteiger partial charge >= 0.3 is 0 Å². The van der Waals surface area contributed by atoms with E-state index in [9.17, 15) is 0 Å². The van der Waals surface area contributed by atoms with Gasteiger partial charge in [-0.25, -0.2) is 4.98 Å². The van der Waals surface area contributed by atoms with E-state index in [1.165, 1.54) is 0 Å². The van der Waals surface area contributed by atoms with E-state index in [1.54, 1.807) is 25.6 Å². The summed E-state index contributed by atoms with van der Waals surface area (Å²) >= 11 is 1.61. The first-order valence-electron chi connectivity index (χ1n) is 12.5. The third kappa shape index (κ3) is 5.42. The monoisotopic (exact) mass is 518 g/mol. The van der Waals surface area contributed by atoms with Gasteiger partial charge in [0.15, 0.2) is 0 Å². The van der Waals surface area contributed by atoms with Crippen molar-refractivity contribution >= 4 is 50.4 Å². The number of methoxy groups -OCH3 is 2. The van der Waals surface area contributed by atoms with Gasteiger partial charge in [0, 0.05) is 42.6 Å². The Balaban J connectivity index is 1.40. The summed E-state index contributed by atoms with van der Waals surface area (Å²) in [5.41, 5.74) is 4.04. The van der Waals surface area contributed by atoms with E-state index in [-0.39, 0.29) is 0 Å². The zero-order valence-corrected chi connectivity index (χ0v) is 22.9. The van der Waals surface area contributed by atoms with Crippen LogP contribution in [0.2, 0.25) is 0 Å². The van der Waals surface area contributed by atoms with Crippen LogP contribution in [-0.2, 0) is 0 Å². The molecule has 2 aromatic carbocycles. The Kier molecular flexibility index (Phi) is 7.34. The highest BCUT2D eigenvalue weighted by atomic mass is 32.1. The molecule has 4 aromatic rings. The molecule has 1 aliphatic rings. The zero-order chi connectivity index (χ0) is 25.9. The fourth-order valence-corrected chi connectivity index (χ4v) is 5.76. The summed E-state index contributed by atoms with van der Waals surface area (Å²) in [6, 6.07) is 14.7. The predicted molar refractivity (Wildman–Crippen MR) is 154 cm³/mol. The van der Waals surface area contributed by atoms with E-state index < -0.39 is 0 Å². The normalized spacial score (nSPS) is 14.3. The van der Waals surface area contributed by atoms with Crippen LogP contribution in [0.1, 0.15) is 18.4 Å². The van der Waals surface area contributed by atoms with Crippen LogP contribution in [0.5, 0.6) is 11.5 Å². The molecule has 37 heavy (non-hydrogen) atoms. The lowest BCUT2D eigenvalue weighted by molar-refractivity contribution is 0.249. The molecule has 0 amide bonds. The highest BCUT2D eigenvalue weighted by Gasteiger charge is 2.23. The molecule has 2 aromatic heterocycles. The number of fused-ring (bicyclic) bond motifs is 1. The maximum Gasteiger partial charge on any atom is 0.230 e. The lowest BCUT2D eigenvalue weighted by Crippen LogP contribution is -2.42. The number of ether oxygens (including phenoxy) is 2. The number of piperidine rings is 1. The second-order valence-electron chi connectivity index (χ2n) is 9.55. The van der Waals surface area contributed by atoms with Gasteiger partial charge in [-0.3, -0.25) is 0 Å². The quantitative estimate of drug-likeness (QED) is 0.293. The Labute approximate surface area is 222 Å². The Morgan fingerprint density at radius 1 is 0.973 bits per heavy atom. The van der Waals surface area contributed by atoms with Crippen LogP contribution >= 0.6 is 11.3 Å². The van der Waals surface area contributed by atoms with Crippen molar-refractivity contribution in [2.24, 2.45) is 0 Å². The number of hydrogen-bond donors (Lipinski definition) is 2. The maximum absolute atomic E-state index is 5.79.